The maximum absolute atomic E-state index is 11.9. The molecule has 0 spiro atoms. The molecule has 3 N–H and O–H groups in total. The van der Waals surface area contributed by atoms with Crippen LogP contribution in [0.1, 0.15) is 18.5 Å². The van der Waals surface area contributed by atoms with Gasteiger partial charge in [0.2, 0.25) is 5.91 Å². The number of aryl methyl sites for hydroxylation is 2. The molecule has 1 aromatic heterocycles. The highest BCUT2D eigenvalue weighted by Crippen LogP contribution is 2.23. The van der Waals surface area contributed by atoms with E-state index < -0.39 is 24.9 Å². The summed E-state index contributed by atoms with van der Waals surface area (Å²) in [5, 5.41) is 6.24. The van der Waals surface area contributed by atoms with Gasteiger partial charge in [0.05, 0.1) is 17.8 Å². The number of nitrogens with zero attached hydrogens (tertiary/aromatic N) is 2. The number of amides is 1. The van der Waals surface area contributed by atoms with Crippen molar-refractivity contribution >= 4 is 17.4 Å². The molecule has 1 amide bonds. The van der Waals surface area contributed by atoms with Crippen molar-refractivity contribution in [3.63, 3.8) is 0 Å². The number of carbonyl (C=O) groups is 1. The van der Waals surface area contributed by atoms with Gasteiger partial charge in [-0.1, -0.05) is 0 Å². The number of carbonyl (C=O) groups excluding carboxylic acids is 1. The zero-order chi connectivity index (χ0) is 13.2. The molecule has 0 saturated carbocycles. The Morgan fingerprint density at radius 2 is 2.12 bits per heavy atom. The summed E-state index contributed by atoms with van der Waals surface area (Å²) in [5.41, 5.74) is 6.38. The Labute approximate surface area is 95.8 Å². The molecule has 0 unspecified atom stereocenters. The van der Waals surface area contributed by atoms with Gasteiger partial charge in [0.25, 0.3) is 0 Å². The molecule has 1 heterocycles. The Balaban J connectivity index is 2.63. The van der Waals surface area contributed by atoms with E-state index >= 15 is 0 Å². The fraction of sp³-hybridized carbons (Fsp3) is 0.556. The summed E-state index contributed by atoms with van der Waals surface area (Å²) >= 11 is 0. The van der Waals surface area contributed by atoms with Gasteiger partial charge in [0, 0.05) is 13.5 Å². The lowest BCUT2D eigenvalue weighted by Gasteiger charge is -2.08. The highest BCUT2D eigenvalue weighted by Gasteiger charge is 2.28. The van der Waals surface area contributed by atoms with Crippen LogP contribution in [-0.4, -0.2) is 21.9 Å². The van der Waals surface area contributed by atoms with E-state index in [1.807, 2.05) is 0 Å². The van der Waals surface area contributed by atoms with Crippen molar-refractivity contribution in [2.75, 3.05) is 11.1 Å². The van der Waals surface area contributed by atoms with Crippen molar-refractivity contribution in [1.29, 1.82) is 0 Å². The maximum Gasteiger partial charge on any atom is 0.389 e. The van der Waals surface area contributed by atoms with Gasteiger partial charge >= 0.3 is 6.18 Å². The van der Waals surface area contributed by atoms with Crippen LogP contribution in [0.15, 0.2) is 0 Å². The van der Waals surface area contributed by atoms with Crippen molar-refractivity contribution < 1.29 is 18.0 Å². The molecule has 0 atom stereocenters. The van der Waals surface area contributed by atoms with Crippen molar-refractivity contribution in [3.8, 4) is 0 Å². The molecule has 0 saturated heterocycles. The molecular weight excluding hydrogens is 237 g/mol. The molecule has 0 radical (unpaired) electrons. The lowest BCUT2D eigenvalue weighted by atomic mass is 10.3. The van der Waals surface area contributed by atoms with Crippen LogP contribution in [-0.2, 0) is 11.8 Å². The Bertz CT molecular complexity index is 425. The SMILES string of the molecule is Cc1nn(C)c(NC(=O)CCC(F)(F)F)c1N. The zero-order valence-electron chi connectivity index (χ0n) is 9.43. The summed E-state index contributed by atoms with van der Waals surface area (Å²) in [4.78, 5) is 11.3. The predicted molar refractivity (Wildman–Crippen MR) is 56.3 cm³/mol. The first-order valence-electron chi connectivity index (χ1n) is 4.86. The first kappa shape index (κ1) is 13.3. The second kappa shape index (κ2) is 4.64. The largest absolute Gasteiger partial charge is 0.394 e. The number of aromatic nitrogens is 2. The van der Waals surface area contributed by atoms with Gasteiger partial charge < -0.3 is 11.1 Å². The molecule has 0 aliphatic carbocycles. The molecule has 17 heavy (non-hydrogen) atoms. The smallest absolute Gasteiger partial charge is 0.389 e. The van der Waals surface area contributed by atoms with Gasteiger partial charge in [0.15, 0.2) is 5.82 Å². The number of nitrogen functional groups attached to an aromatic ring is 1. The zero-order valence-corrected chi connectivity index (χ0v) is 9.43. The van der Waals surface area contributed by atoms with Crippen LogP contribution >= 0.6 is 0 Å². The maximum atomic E-state index is 11.9. The number of nitrogens with two attached hydrogens (primary N) is 1. The van der Waals surface area contributed by atoms with Crippen LogP contribution in [0, 0.1) is 6.92 Å². The van der Waals surface area contributed by atoms with E-state index in [-0.39, 0.29) is 11.5 Å². The van der Waals surface area contributed by atoms with Crippen LogP contribution in [0.4, 0.5) is 24.7 Å². The Morgan fingerprint density at radius 3 is 2.53 bits per heavy atom. The molecule has 0 fully saturated rings. The van der Waals surface area contributed by atoms with Crippen molar-refractivity contribution in [3.05, 3.63) is 5.69 Å². The quantitative estimate of drug-likeness (QED) is 0.855. The molecule has 0 aromatic carbocycles. The number of alkyl halides is 3. The topological polar surface area (TPSA) is 72.9 Å². The molecule has 1 rings (SSSR count). The highest BCUT2D eigenvalue weighted by atomic mass is 19.4. The second-order valence-electron chi connectivity index (χ2n) is 3.63. The summed E-state index contributed by atoms with van der Waals surface area (Å²) < 4.78 is 37.0. The van der Waals surface area contributed by atoms with Crippen LogP contribution in [0.25, 0.3) is 0 Å². The second-order valence-corrected chi connectivity index (χ2v) is 3.63. The fourth-order valence-electron chi connectivity index (χ4n) is 1.27. The van der Waals surface area contributed by atoms with Crippen LogP contribution < -0.4 is 11.1 Å². The minimum absolute atomic E-state index is 0.217. The summed E-state index contributed by atoms with van der Waals surface area (Å²) in [7, 11) is 1.54. The molecule has 8 heteroatoms. The predicted octanol–water partition coefficient (Wildman–Crippen LogP) is 1.59. The number of nitrogens with one attached hydrogen (secondary N) is 1. The molecule has 0 aliphatic rings. The first-order valence-corrected chi connectivity index (χ1v) is 4.86. The molecule has 0 aliphatic heterocycles. The Hall–Kier alpha value is -1.73. The first-order chi connectivity index (χ1) is 7.70. The average Bonchev–Trinajstić information content (AvgIpc) is 2.41. The van der Waals surface area contributed by atoms with Gasteiger partial charge in [-0.15, -0.1) is 0 Å². The van der Waals surface area contributed by atoms with Gasteiger partial charge in [-0.3, -0.25) is 9.48 Å². The van der Waals surface area contributed by atoms with Crippen molar-refractivity contribution in [1.82, 2.24) is 9.78 Å². The van der Waals surface area contributed by atoms with E-state index in [2.05, 4.69) is 10.4 Å². The standard InChI is InChI=1S/C9H13F3N4O/c1-5-7(13)8(16(2)15-5)14-6(17)3-4-9(10,11)12/h3-4,13H2,1-2H3,(H,14,17). The Morgan fingerprint density at radius 1 is 1.53 bits per heavy atom. The minimum Gasteiger partial charge on any atom is -0.394 e. The van der Waals surface area contributed by atoms with Crippen LogP contribution in [0.3, 0.4) is 0 Å². The lowest BCUT2D eigenvalue weighted by Crippen LogP contribution is -2.18. The van der Waals surface area contributed by atoms with Crippen molar-refractivity contribution in [2.24, 2.45) is 7.05 Å². The molecular formula is C9H13F3N4O. The van der Waals surface area contributed by atoms with E-state index in [1.165, 1.54) is 4.68 Å². The van der Waals surface area contributed by atoms with Crippen LogP contribution in [0.2, 0.25) is 0 Å². The normalized spacial score (nSPS) is 11.6. The fourth-order valence-corrected chi connectivity index (χ4v) is 1.27. The van der Waals surface area contributed by atoms with E-state index in [9.17, 15) is 18.0 Å². The van der Waals surface area contributed by atoms with Gasteiger partial charge in [0.1, 0.15) is 0 Å². The van der Waals surface area contributed by atoms with Gasteiger partial charge in [-0.25, -0.2) is 0 Å². The molecule has 96 valence electrons. The number of hydrogen-bond acceptors (Lipinski definition) is 3. The van der Waals surface area contributed by atoms with E-state index in [4.69, 9.17) is 5.73 Å². The number of anilines is 2. The lowest BCUT2D eigenvalue weighted by molar-refractivity contribution is -0.142. The summed E-state index contributed by atoms with van der Waals surface area (Å²) in [5.74, 6) is -0.522. The van der Waals surface area contributed by atoms with E-state index in [1.54, 1.807) is 14.0 Å². The van der Waals surface area contributed by atoms with Crippen LogP contribution in [0.5, 0.6) is 0 Å². The summed E-state index contributed by atoms with van der Waals surface area (Å²) in [6.45, 7) is 1.64. The van der Waals surface area contributed by atoms with Crippen molar-refractivity contribution in [2.45, 2.75) is 25.9 Å². The number of hydrogen-bond donors (Lipinski definition) is 2. The number of rotatable bonds is 3. The third kappa shape index (κ3) is 3.65. The van der Waals surface area contributed by atoms with Gasteiger partial charge in [-0.2, -0.15) is 18.3 Å². The highest BCUT2D eigenvalue weighted by molar-refractivity contribution is 5.93. The minimum atomic E-state index is -4.34. The third-order valence-corrected chi connectivity index (χ3v) is 2.16. The van der Waals surface area contributed by atoms with E-state index in [0.29, 0.717) is 5.69 Å². The third-order valence-electron chi connectivity index (χ3n) is 2.16. The monoisotopic (exact) mass is 250 g/mol. The molecule has 1 aromatic rings. The number of halogens is 3. The molecule has 5 nitrogen and oxygen atoms in total. The molecule has 0 bridgehead atoms. The van der Waals surface area contributed by atoms with E-state index in [0.717, 1.165) is 0 Å². The Kier molecular flexibility index (Phi) is 3.64. The summed E-state index contributed by atoms with van der Waals surface area (Å²) in [6, 6.07) is 0. The average molecular weight is 250 g/mol. The van der Waals surface area contributed by atoms with Gasteiger partial charge in [-0.05, 0) is 6.92 Å². The summed E-state index contributed by atoms with van der Waals surface area (Å²) in [6.07, 6.45) is -6.13.